The van der Waals surface area contributed by atoms with Crippen molar-refractivity contribution >= 4 is 23.5 Å². The zero-order valence-electron chi connectivity index (χ0n) is 20.1. The average molecular weight is 470 g/mol. The number of nitrogens with one attached hydrogen (secondary N) is 1. The molecule has 0 aromatic heterocycles. The van der Waals surface area contributed by atoms with E-state index in [4.69, 9.17) is 14.2 Å². The molecule has 2 aromatic carbocycles. The van der Waals surface area contributed by atoms with Gasteiger partial charge in [-0.25, -0.2) is 4.79 Å². The molecule has 0 spiro atoms. The molecule has 1 heterocycles. The SMILES string of the molecule is COc1ccc(C(=O)OCC(=O)N2CCN(CC(=O)Nc3c(C)cccc3C)CC2)c(OC)c1. The molecular formula is C25H31N3O6. The van der Waals surface area contributed by atoms with E-state index in [-0.39, 0.29) is 30.5 Å². The first-order valence-electron chi connectivity index (χ1n) is 11.1. The molecule has 3 rings (SSSR count). The Morgan fingerprint density at radius 2 is 1.62 bits per heavy atom. The second kappa shape index (κ2) is 11.5. The highest BCUT2D eigenvalue weighted by Crippen LogP contribution is 2.25. The van der Waals surface area contributed by atoms with Gasteiger partial charge < -0.3 is 24.4 Å². The van der Waals surface area contributed by atoms with Gasteiger partial charge in [-0.1, -0.05) is 18.2 Å². The van der Waals surface area contributed by atoms with Crippen molar-refractivity contribution in [3.63, 3.8) is 0 Å². The maximum absolute atomic E-state index is 12.5. The number of hydrogen-bond donors (Lipinski definition) is 1. The summed E-state index contributed by atoms with van der Waals surface area (Å²) in [5.41, 5.74) is 3.10. The third-order valence-corrected chi connectivity index (χ3v) is 5.79. The van der Waals surface area contributed by atoms with Gasteiger partial charge in [-0.3, -0.25) is 14.5 Å². The van der Waals surface area contributed by atoms with Crippen LogP contribution in [0.4, 0.5) is 5.69 Å². The van der Waals surface area contributed by atoms with Crippen molar-refractivity contribution in [2.24, 2.45) is 0 Å². The number of aryl methyl sites for hydroxylation is 2. The lowest BCUT2D eigenvalue weighted by Gasteiger charge is -2.34. The van der Waals surface area contributed by atoms with E-state index in [2.05, 4.69) is 5.32 Å². The van der Waals surface area contributed by atoms with Crippen LogP contribution < -0.4 is 14.8 Å². The summed E-state index contributed by atoms with van der Waals surface area (Å²) in [6.45, 7) is 5.86. The van der Waals surface area contributed by atoms with Crippen LogP contribution in [0.15, 0.2) is 36.4 Å². The van der Waals surface area contributed by atoms with E-state index in [1.165, 1.54) is 20.3 Å². The maximum Gasteiger partial charge on any atom is 0.342 e. The average Bonchev–Trinajstić information content (AvgIpc) is 2.84. The molecular weight excluding hydrogens is 438 g/mol. The Balaban J connectivity index is 1.45. The van der Waals surface area contributed by atoms with Gasteiger partial charge in [0.25, 0.3) is 5.91 Å². The lowest BCUT2D eigenvalue weighted by molar-refractivity contribution is -0.136. The number of carbonyl (C=O) groups excluding carboxylic acids is 3. The van der Waals surface area contributed by atoms with Gasteiger partial charge in [0, 0.05) is 37.9 Å². The summed E-state index contributed by atoms with van der Waals surface area (Å²) in [7, 11) is 2.96. The van der Waals surface area contributed by atoms with Gasteiger partial charge in [-0.15, -0.1) is 0 Å². The summed E-state index contributed by atoms with van der Waals surface area (Å²) < 4.78 is 15.5. The van der Waals surface area contributed by atoms with Gasteiger partial charge in [0.1, 0.15) is 17.1 Å². The number of esters is 1. The number of nitrogens with zero attached hydrogens (tertiary/aromatic N) is 2. The van der Waals surface area contributed by atoms with Crippen LogP contribution in [0.5, 0.6) is 11.5 Å². The molecule has 2 aromatic rings. The van der Waals surface area contributed by atoms with Crippen LogP contribution in [0, 0.1) is 13.8 Å². The predicted octanol–water partition coefficient (Wildman–Crippen LogP) is 2.26. The van der Waals surface area contributed by atoms with Crippen LogP contribution in [0.3, 0.4) is 0 Å². The van der Waals surface area contributed by atoms with E-state index in [1.54, 1.807) is 17.0 Å². The van der Waals surface area contributed by atoms with E-state index in [9.17, 15) is 14.4 Å². The van der Waals surface area contributed by atoms with Gasteiger partial charge in [0.15, 0.2) is 6.61 Å². The van der Waals surface area contributed by atoms with E-state index in [0.29, 0.717) is 37.7 Å². The molecule has 1 fully saturated rings. The van der Waals surface area contributed by atoms with Crippen LogP contribution in [0.1, 0.15) is 21.5 Å². The first-order valence-corrected chi connectivity index (χ1v) is 11.1. The van der Waals surface area contributed by atoms with E-state index >= 15 is 0 Å². The highest BCUT2D eigenvalue weighted by atomic mass is 16.5. The number of rotatable bonds is 8. The van der Waals surface area contributed by atoms with Gasteiger partial charge in [-0.2, -0.15) is 0 Å². The fourth-order valence-corrected chi connectivity index (χ4v) is 3.81. The van der Waals surface area contributed by atoms with E-state index in [0.717, 1.165) is 16.8 Å². The summed E-state index contributed by atoms with van der Waals surface area (Å²) in [6, 6.07) is 10.6. The summed E-state index contributed by atoms with van der Waals surface area (Å²) in [4.78, 5) is 41.1. The van der Waals surface area contributed by atoms with Crippen molar-refractivity contribution in [2.45, 2.75) is 13.8 Å². The summed E-state index contributed by atoms with van der Waals surface area (Å²) in [5.74, 6) is -0.149. The van der Waals surface area contributed by atoms with Gasteiger partial charge >= 0.3 is 5.97 Å². The Kier molecular flexibility index (Phi) is 8.48. The second-order valence-electron chi connectivity index (χ2n) is 8.11. The maximum atomic E-state index is 12.5. The van der Waals surface area contributed by atoms with Crippen molar-refractivity contribution in [1.29, 1.82) is 0 Å². The van der Waals surface area contributed by atoms with Gasteiger partial charge in [0.05, 0.1) is 20.8 Å². The lowest BCUT2D eigenvalue weighted by Crippen LogP contribution is -2.51. The minimum Gasteiger partial charge on any atom is -0.497 e. The molecule has 1 aliphatic heterocycles. The number of amides is 2. The summed E-state index contributed by atoms with van der Waals surface area (Å²) >= 11 is 0. The standard InChI is InChI=1S/C25H31N3O6/c1-17-6-5-7-18(2)24(17)26-22(29)15-27-10-12-28(13-11-27)23(30)16-34-25(31)20-9-8-19(32-3)14-21(20)33-4/h5-9,14H,10-13,15-16H2,1-4H3,(H,26,29). The lowest BCUT2D eigenvalue weighted by atomic mass is 10.1. The quantitative estimate of drug-likeness (QED) is 0.593. The van der Waals surface area contributed by atoms with Crippen molar-refractivity contribution in [2.75, 3.05) is 58.9 Å². The normalized spacial score (nSPS) is 13.8. The fourth-order valence-electron chi connectivity index (χ4n) is 3.81. The Morgan fingerprint density at radius 3 is 2.24 bits per heavy atom. The molecule has 1 N–H and O–H groups in total. The van der Waals surface area contributed by atoms with Crippen LogP contribution >= 0.6 is 0 Å². The molecule has 1 aliphatic rings. The number of methoxy groups -OCH3 is 2. The Hall–Kier alpha value is -3.59. The van der Waals surface area contributed by atoms with E-state index < -0.39 is 5.97 Å². The molecule has 1 saturated heterocycles. The molecule has 2 amide bonds. The smallest absolute Gasteiger partial charge is 0.342 e. The third kappa shape index (κ3) is 6.26. The minimum absolute atomic E-state index is 0.0838. The van der Waals surface area contributed by atoms with Crippen molar-refractivity contribution in [3.8, 4) is 11.5 Å². The Labute approximate surface area is 199 Å². The topological polar surface area (TPSA) is 97.4 Å². The molecule has 0 aliphatic carbocycles. The van der Waals surface area contributed by atoms with Gasteiger partial charge in [0.2, 0.25) is 5.91 Å². The van der Waals surface area contributed by atoms with Crippen LogP contribution in [0.25, 0.3) is 0 Å². The molecule has 9 heteroatoms. The van der Waals surface area contributed by atoms with Crippen LogP contribution in [-0.2, 0) is 14.3 Å². The zero-order valence-corrected chi connectivity index (χ0v) is 20.1. The molecule has 182 valence electrons. The first-order chi connectivity index (χ1) is 16.3. The number of para-hydroxylation sites is 1. The highest BCUT2D eigenvalue weighted by Gasteiger charge is 2.24. The van der Waals surface area contributed by atoms with Crippen molar-refractivity contribution in [3.05, 3.63) is 53.1 Å². The number of carbonyl (C=O) groups is 3. The molecule has 0 unspecified atom stereocenters. The number of ether oxygens (including phenoxy) is 3. The highest BCUT2D eigenvalue weighted by molar-refractivity contribution is 5.94. The monoisotopic (exact) mass is 469 g/mol. The molecule has 0 saturated carbocycles. The largest absolute Gasteiger partial charge is 0.497 e. The van der Waals surface area contributed by atoms with E-state index in [1.807, 2.05) is 36.9 Å². The molecule has 0 atom stereocenters. The zero-order chi connectivity index (χ0) is 24.7. The summed E-state index contributed by atoms with van der Waals surface area (Å²) in [5, 5.41) is 2.99. The first kappa shape index (κ1) is 25.0. The Morgan fingerprint density at radius 1 is 0.941 bits per heavy atom. The molecule has 0 bridgehead atoms. The second-order valence-corrected chi connectivity index (χ2v) is 8.11. The number of hydrogen-bond acceptors (Lipinski definition) is 7. The number of piperazine rings is 1. The summed E-state index contributed by atoms with van der Waals surface area (Å²) in [6.07, 6.45) is 0. The Bertz CT molecular complexity index is 1030. The fraction of sp³-hybridized carbons (Fsp3) is 0.400. The minimum atomic E-state index is -0.644. The molecule has 0 radical (unpaired) electrons. The molecule has 34 heavy (non-hydrogen) atoms. The number of anilines is 1. The third-order valence-electron chi connectivity index (χ3n) is 5.79. The van der Waals surface area contributed by atoms with Gasteiger partial charge in [-0.05, 0) is 37.1 Å². The van der Waals surface area contributed by atoms with Crippen molar-refractivity contribution in [1.82, 2.24) is 9.80 Å². The van der Waals surface area contributed by atoms with Crippen molar-refractivity contribution < 1.29 is 28.6 Å². The number of benzene rings is 2. The van der Waals surface area contributed by atoms with Crippen LogP contribution in [0.2, 0.25) is 0 Å². The predicted molar refractivity (Wildman–Crippen MR) is 127 cm³/mol. The molecule has 9 nitrogen and oxygen atoms in total. The van der Waals surface area contributed by atoms with Crippen LogP contribution in [-0.4, -0.2) is 81.1 Å².